The van der Waals surface area contributed by atoms with Gasteiger partial charge in [-0.2, -0.15) is 0 Å². The SMILES string of the molecule is C[Si](C)(C)C#CC#CC(Cc1ccccc1)n1cc(C(O)Cc2ccccc2)nn1. The molecule has 1 aromatic heterocycles. The summed E-state index contributed by atoms with van der Waals surface area (Å²) in [6.45, 7) is 6.59. The van der Waals surface area contributed by atoms with Crippen LogP contribution in [0.1, 0.15) is 29.0 Å². The van der Waals surface area contributed by atoms with Gasteiger partial charge in [0, 0.05) is 12.8 Å². The van der Waals surface area contributed by atoms with Gasteiger partial charge < -0.3 is 5.11 Å². The number of nitrogens with zero attached hydrogens (tertiary/aromatic N) is 3. The monoisotopic (exact) mass is 413 g/mol. The zero-order valence-corrected chi connectivity index (χ0v) is 18.7. The van der Waals surface area contributed by atoms with Crippen LogP contribution in [0.15, 0.2) is 66.9 Å². The van der Waals surface area contributed by atoms with Gasteiger partial charge in [0.15, 0.2) is 0 Å². The van der Waals surface area contributed by atoms with Crippen LogP contribution < -0.4 is 0 Å². The van der Waals surface area contributed by atoms with Crippen molar-refractivity contribution in [2.24, 2.45) is 0 Å². The van der Waals surface area contributed by atoms with E-state index in [0.29, 0.717) is 18.5 Å². The number of aliphatic hydroxyl groups excluding tert-OH is 1. The minimum Gasteiger partial charge on any atom is -0.386 e. The number of rotatable bonds is 6. The predicted octanol–water partition coefficient (Wildman–Crippen LogP) is 4.22. The first-order valence-corrected chi connectivity index (χ1v) is 13.6. The Morgan fingerprint density at radius 3 is 2.10 bits per heavy atom. The van der Waals surface area contributed by atoms with E-state index in [-0.39, 0.29) is 6.04 Å². The Balaban J connectivity index is 1.80. The Labute approximate surface area is 180 Å². The van der Waals surface area contributed by atoms with E-state index in [2.05, 4.69) is 65.4 Å². The Hall–Kier alpha value is -3.12. The van der Waals surface area contributed by atoms with E-state index in [9.17, 15) is 5.11 Å². The highest BCUT2D eigenvalue weighted by Crippen LogP contribution is 2.19. The first-order chi connectivity index (χ1) is 14.4. The molecular weight excluding hydrogens is 386 g/mol. The second-order valence-corrected chi connectivity index (χ2v) is 13.1. The van der Waals surface area contributed by atoms with Crippen LogP contribution in [0.5, 0.6) is 0 Å². The molecule has 152 valence electrons. The highest BCUT2D eigenvalue weighted by Gasteiger charge is 2.17. The number of aliphatic hydroxyl groups is 1. The van der Waals surface area contributed by atoms with Crippen LogP contribution in [0, 0.1) is 23.3 Å². The van der Waals surface area contributed by atoms with Gasteiger partial charge in [0.1, 0.15) is 25.9 Å². The summed E-state index contributed by atoms with van der Waals surface area (Å²) in [6.07, 6.45) is 2.27. The standard InChI is InChI=1S/C25H27N3OSi/c1-30(2,3)17-11-10-16-23(18-21-12-6-4-7-13-21)28-20-24(26-27-28)25(29)19-22-14-8-5-9-15-22/h4-9,12-15,20,23,25,29H,18-19H2,1-3H3. The molecule has 2 unspecified atom stereocenters. The molecule has 30 heavy (non-hydrogen) atoms. The number of benzene rings is 2. The molecule has 1 heterocycles. The second-order valence-electron chi connectivity index (χ2n) is 8.30. The molecule has 0 fully saturated rings. The first-order valence-electron chi connectivity index (χ1n) is 10.1. The van der Waals surface area contributed by atoms with E-state index in [1.807, 2.05) is 48.5 Å². The lowest BCUT2D eigenvalue weighted by molar-refractivity contribution is 0.173. The minimum absolute atomic E-state index is 0.200. The van der Waals surface area contributed by atoms with Crippen LogP contribution in [0.25, 0.3) is 0 Å². The molecule has 0 aliphatic rings. The van der Waals surface area contributed by atoms with Crippen molar-refractivity contribution < 1.29 is 5.11 Å². The van der Waals surface area contributed by atoms with Gasteiger partial charge in [-0.15, -0.1) is 10.6 Å². The van der Waals surface area contributed by atoms with Crippen LogP contribution in [-0.4, -0.2) is 28.2 Å². The van der Waals surface area contributed by atoms with Crippen molar-refractivity contribution in [3.8, 4) is 23.3 Å². The van der Waals surface area contributed by atoms with Crippen molar-refractivity contribution >= 4 is 8.07 Å². The van der Waals surface area contributed by atoms with Crippen LogP contribution in [0.2, 0.25) is 19.6 Å². The van der Waals surface area contributed by atoms with E-state index in [1.165, 1.54) is 0 Å². The van der Waals surface area contributed by atoms with Gasteiger partial charge in [-0.05, 0) is 23.0 Å². The van der Waals surface area contributed by atoms with Gasteiger partial charge in [0.05, 0.1) is 6.20 Å². The summed E-state index contributed by atoms with van der Waals surface area (Å²) in [7, 11) is -1.46. The fraction of sp³-hybridized carbons (Fsp3) is 0.280. The van der Waals surface area contributed by atoms with E-state index >= 15 is 0 Å². The minimum atomic E-state index is -1.46. The maximum absolute atomic E-state index is 10.6. The predicted molar refractivity (Wildman–Crippen MR) is 123 cm³/mol. The number of hydrogen-bond acceptors (Lipinski definition) is 3. The maximum atomic E-state index is 10.6. The highest BCUT2D eigenvalue weighted by molar-refractivity contribution is 6.83. The first kappa shape index (κ1) is 21.6. The van der Waals surface area contributed by atoms with E-state index < -0.39 is 14.2 Å². The molecule has 2 atom stereocenters. The normalized spacial score (nSPS) is 12.8. The molecule has 0 amide bonds. The van der Waals surface area contributed by atoms with Gasteiger partial charge in [-0.3, -0.25) is 0 Å². The van der Waals surface area contributed by atoms with Gasteiger partial charge >= 0.3 is 0 Å². The van der Waals surface area contributed by atoms with E-state index in [4.69, 9.17) is 0 Å². The summed E-state index contributed by atoms with van der Waals surface area (Å²) in [5.41, 5.74) is 6.04. The fourth-order valence-electron chi connectivity index (χ4n) is 2.92. The Kier molecular flexibility index (Phi) is 7.25. The third kappa shape index (κ3) is 6.74. The summed E-state index contributed by atoms with van der Waals surface area (Å²) >= 11 is 0. The molecule has 0 radical (unpaired) electrons. The van der Waals surface area contributed by atoms with Gasteiger partial charge in [0.25, 0.3) is 0 Å². The summed E-state index contributed by atoms with van der Waals surface area (Å²) in [5.74, 6) is 9.26. The Morgan fingerprint density at radius 1 is 0.900 bits per heavy atom. The molecule has 3 aromatic rings. The van der Waals surface area contributed by atoms with Crippen molar-refractivity contribution in [1.29, 1.82) is 0 Å². The number of aromatic nitrogens is 3. The van der Waals surface area contributed by atoms with Crippen molar-refractivity contribution in [2.75, 3.05) is 0 Å². The van der Waals surface area contributed by atoms with Crippen molar-refractivity contribution in [3.05, 3.63) is 83.7 Å². The molecule has 0 bridgehead atoms. The lowest BCUT2D eigenvalue weighted by atomic mass is 10.1. The second kappa shape index (κ2) is 10.1. The lowest BCUT2D eigenvalue weighted by Gasteiger charge is -2.11. The van der Waals surface area contributed by atoms with Crippen LogP contribution in [0.4, 0.5) is 0 Å². The van der Waals surface area contributed by atoms with Gasteiger partial charge in [0.2, 0.25) is 0 Å². The summed E-state index contributed by atoms with van der Waals surface area (Å²) in [5, 5.41) is 19.1. The molecular formula is C25H27N3OSi. The molecule has 0 aliphatic carbocycles. The molecule has 2 aromatic carbocycles. The average molecular weight is 414 g/mol. The Morgan fingerprint density at radius 2 is 1.50 bits per heavy atom. The van der Waals surface area contributed by atoms with Crippen molar-refractivity contribution in [1.82, 2.24) is 15.0 Å². The highest BCUT2D eigenvalue weighted by atomic mass is 28.3. The summed E-state index contributed by atoms with van der Waals surface area (Å²) in [6, 6.07) is 19.9. The molecule has 1 N–H and O–H groups in total. The fourth-order valence-corrected chi connectivity index (χ4v) is 3.36. The summed E-state index contributed by atoms with van der Waals surface area (Å²) in [4.78, 5) is 0. The van der Waals surface area contributed by atoms with Gasteiger partial charge in [-0.25, -0.2) is 4.68 Å². The maximum Gasteiger partial charge on any atom is 0.130 e. The smallest absolute Gasteiger partial charge is 0.130 e. The molecule has 3 rings (SSSR count). The third-order valence-corrected chi connectivity index (χ3v) is 5.35. The molecule has 5 heteroatoms. The molecule has 0 aliphatic heterocycles. The topological polar surface area (TPSA) is 50.9 Å². The van der Waals surface area contributed by atoms with Crippen LogP contribution in [0.3, 0.4) is 0 Å². The van der Waals surface area contributed by atoms with Gasteiger partial charge in [-0.1, -0.05) is 91.4 Å². The van der Waals surface area contributed by atoms with Crippen LogP contribution in [-0.2, 0) is 12.8 Å². The molecule has 0 saturated carbocycles. The largest absolute Gasteiger partial charge is 0.386 e. The zero-order valence-electron chi connectivity index (χ0n) is 17.7. The third-order valence-electron chi connectivity index (χ3n) is 4.47. The van der Waals surface area contributed by atoms with E-state index in [1.54, 1.807) is 10.9 Å². The van der Waals surface area contributed by atoms with Crippen molar-refractivity contribution in [2.45, 2.75) is 44.6 Å². The average Bonchev–Trinajstić information content (AvgIpc) is 3.21. The zero-order chi connectivity index (χ0) is 21.4. The Bertz CT molecular complexity index is 1060. The van der Waals surface area contributed by atoms with Crippen LogP contribution >= 0.6 is 0 Å². The molecule has 0 spiro atoms. The van der Waals surface area contributed by atoms with E-state index in [0.717, 1.165) is 11.1 Å². The lowest BCUT2D eigenvalue weighted by Crippen LogP contribution is -2.16. The summed E-state index contributed by atoms with van der Waals surface area (Å²) < 4.78 is 1.74. The number of hydrogen-bond donors (Lipinski definition) is 1. The van der Waals surface area contributed by atoms with Crippen molar-refractivity contribution in [3.63, 3.8) is 0 Å². The molecule has 0 saturated heterocycles. The quantitative estimate of drug-likeness (QED) is 0.486. The molecule has 4 nitrogen and oxygen atoms in total.